The van der Waals surface area contributed by atoms with Crippen LogP contribution in [0.25, 0.3) is 28.2 Å². The molecule has 2 aliphatic rings. The van der Waals surface area contributed by atoms with Gasteiger partial charge in [-0.05, 0) is 60.4 Å². The van der Waals surface area contributed by atoms with E-state index >= 15 is 0 Å². The van der Waals surface area contributed by atoms with Crippen molar-refractivity contribution in [3.8, 4) is 17.4 Å². The molecule has 0 radical (unpaired) electrons. The summed E-state index contributed by atoms with van der Waals surface area (Å²) < 4.78 is 38.7. The lowest BCUT2D eigenvalue weighted by Gasteiger charge is -2.35. The first-order valence-electron chi connectivity index (χ1n) is 12.9. The van der Waals surface area contributed by atoms with E-state index < -0.39 is 45.9 Å². The molecule has 2 saturated heterocycles. The van der Waals surface area contributed by atoms with Crippen molar-refractivity contribution in [1.29, 1.82) is 5.26 Å². The lowest BCUT2D eigenvalue weighted by Crippen LogP contribution is -2.56. The second kappa shape index (κ2) is 11.5. The first-order valence-corrected chi connectivity index (χ1v) is 14.4. The molecule has 4 N–H and O–H groups in total. The van der Waals surface area contributed by atoms with Gasteiger partial charge in [0.15, 0.2) is 4.91 Å². The maximum atomic E-state index is 12.7. The summed E-state index contributed by atoms with van der Waals surface area (Å²) in [5, 5.41) is 41.0. The lowest BCUT2D eigenvalue weighted by molar-refractivity contribution is -0.184. The molecular formula is C28H31N3O7S. The average molecular weight is 554 g/mol. The van der Waals surface area contributed by atoms with Crippen LogP contribution in [-0.4, -0.2) is 74.4 Å². The van der Waals surface area contributed by atoms with Crippen LogP contribution in [0.3, 0.4) is 0 Å². The van der Waals surface area contributed by atoms with Crippen LogP contribution in [0.15, 0.2) is 57.9 Å². The highest BCUT2D eigenvalue weighted by Gasteiger charge is 2.38. The Morgan fingerprint density at radius 3 is 2.54 bits per heavy atom. The van der Waals surface area contributed by atoms with Crippen molar-refractivity contribution >= 4 is 32.6 Å². The summed E-state index contributed by atoms with van der Waals surface area (Å²) >= 11 is 0. The van der Waals surface area contributed by atoms with E-state index in [1.807, 2.05) is 18.2 Å². The Morgan fingerprint density at radius 1 is 1.03 bits per heavy atom. The third-order valence-electron chi connectivity index (χ3n) is 7.21. The number of anilines is 1. The molecule has 1 aromatic heterocycles. The number of rotatable bonds is 7. The van der Waals surface area contributed by atoms with Crippen LogP contribution in [-0.2, 0) is 14.8 Å². The number of fused-ring (bicyclic) bond motifs is 1. The number of furan rings is 1. The maximum absolute atomic E-state index is 12.7. The quantitative estimate of drug-likeness (QED) is 0.323. The molecule has 0 saturated carbocycles. The molecule has 0 unspecified atom stereocenters. The first-order chi connectivity index (χ1) is 18.7. The Hall–Kier alpha value is -3.24. The van der Waals surface area contributed by atoms with Crippen LogP contribution in [0.1, 0.15) is 25.0 Å². The smallest absolute Gasteiger partial charge is 0.250 e. The topological polar surface area (TPSA) is 156 Å². The largest absolute Gasteiger partial charge is 0.457 e. The van der Waals surface area contributed by atoms with Gasteiger partial charge in [-0.3, -0.25) is 0 Å². The molecule has 2 fully saturated rings. The van der Waals surface area contributed by atoms with E-state index in [-0.39, 0.29) is 12.4 Å². The zero-order valence-corrected chi connectivity index (χ0v) is 22.0. The second-order valence-electron chi connectivity index (χ2n) is 9.89. The fourth-order valence-corrected chi connectivity index (χ4v) is 5.87. The number of sulfonamides is 1. The molecule has 11 heteroatoms. The Labute approximate surface area is 226 Å². The predicted molar refractivity (Wildman–Crippen MR) is 146 cm³/mol. The molecule has 39 heavy (non-hydrogen) atoms. The molecule has 3 aromatic rings. The van der Waals surface area contributed by atoms with Gasteiger partial charge in [-0.1, -0.05) is 18.2 Å². The van der Waals surface area contributed by atoms with E-state index in [9.17, 15) is 29.0 Å². The summed E-state index contributed by atoms with van der Waals surface area (Å²) in [6.45, 7) is 1.50. The molecule has 0 bridgehead atoms. The zero-order valence-electron chi connectivity index (χ0n) is 21.2. The Morgan fingerprint density at radius 2 is 1.77 bits per heavy atom. The first kappa shape index (κ1) is 27.3. The van der Waals surface area contributed by atoms with Crippen LogP contribution in [0, 0.1) is 11.3 Å². The van der Waals surface area contributed by atoms with Gasteiger partial charge in [-0.25, -0.2) is 13.1 Å². The number of nitriles is 1. The van der Waals surface area contributed by atoms with E-state index in [4.69, 9.17) is 9.15 Å². The number of hydrogen-bond donors (Lipinski definition) is 4. The summed E-state index contributed by atoms with van der Waals surface area (Å²) in [5.74, 6) is 0.706. The SMILES string of the molecule is N#C/C(=C\c1ccc(-c2ccc3cc(N4CCCCC4)ccc3c2)o1)S(=O)(=O)NC[C@H]1OC[C@H](O)[C@@H](O)[C@@H]1O. The van der Waals surface area contributed by atoms with Gasteiger partial charge in [0.2, 0.25) is 0 Å². The summed E-state index contributed by atoms with van der Waals surface area (Å²) in [4.78, 5) is 1.83. The summed E-state index contributed by atoms with van der Waals surface area (Å²) in [7, 11) is -4.27. The van der Waals surface area contributed by atoms with Crippen molar-refractivity contribution in [2.45, 2.75) is 43.7 Å². The molecule has 3 heterocycles. The minimum atomic E-state index is -4.27. The van der Waals surface area contributed by atoms with Crippen LogP contribution in [0.5, 0.6) is 0 Å². The van der Waals surface area contributed by atoms with Crippen molar-refractivity contribution in [3.05, 3.63) is 59.2 Å². The Bertz CT molecular complexity index is 1500. The van der Waals surface area contributed by atoms with Gasteiger partial charge in [-0.15, -0.1) is 0 Å². The van der Waals surface area contributed by atoms with Crippen molar-refractivity contribution in [2.24, 2.45) is 0 Å². The number of allylic oxidation sites excluding steroid dienone is 1. The van der Waals surface area contributed by atoms with Crippen molar-refractivity contribution in [2.75, 3.05) is 31.1 Å². The highest BCUT2D eigenvalue weighted by Crippen LogP contribution is 2.30. The van der Waals surface area contributed by atoms with Crippen molar-refractivity contribution in [3.63, 3.8) is 0 Å². The van der Waals surface area contributed by atoms with E-state index in [0.29, 0.717) is 5.76 Å². The third kappa shape index (κ3) is 6.01. The lowest BCUT2D eigenvalue weighted by atomic mass is 10.0. The predicted octanol–water partition coefficient (Wildman–Crippen LogP) is 2.36. The van der Waals surface area contributed by atoms with E-state index in [0.717, 1.165) is 35.5 Å². The van der Waals surface area contributed by atoms with Gasteiger partial charge in [0, 0.05) is 37.0 Å². The molecule has 5 rings (SSSR count). The monoisotopic (exact) mass is 553 g/mol. The normalized spacial score (nSPS) is 24.6. The molecule has 10 nitrogen and oxygen atoms in total. The highest BCUT2D eigenvalue weighted by atomic mass is 32.2. The van der Waals surface area contributed by atoms with Gasteiger partial charge < -0.3 is 29.4 Å². The standard InChI is InChI=1S/C28H31N3O7S/c29-15-23(39(35,36)30-16-26-28(34)27(33)24(32)17-37-26)14-22-8-9-25(38-22)20-5-4-19-13-21(7-6-18(19)12-20)31-10-2-1-3-11-31/h4-9,12-14,24,26-28,30,32-34H,1-3,10-11,16-17H2/b23-14+/t24-,26+,27+,28+/m0/s1. The van der Waals surface area contributed by atoms with Crippen molar-refractivity contribution < 1.29 is 32.9 Å². The number of nitrogens with one attached hydrogen (secondary N) is 1. The number of aliphatic hydroxyl groups excluding tert-OH is 3. The molecule has 4 atom stereocenters. The number of aliphatic hydroxyl groups is 3. The van der Waals surface area contributed by atoms with Crippen LogP contribution >= 0.6 is 0 Å². The molecule has 0 aliphatic carbocycles. The minimum absolute atomic E-state index is 0.181. The summed E-state index contributed by atoms with van der Waals surface area (Å²) in [5.41, 5.74) is 2.04. The highest BCUT2D eigenvalue weighted by molar-refractivity contribution is 7.93. The molecule has 206 valence electrons. The van der Waals surface area contributed by atoms with Crippen molar-refractivity contribution in [1.82, 2.24) is 4.72 Å². The Kier molecular flexibility index (Phi) is 8.04. The van der Waals surface area contributed by atoms with Gasteiger partial charge in [0.1, 0.15) is 35.9 Å². The molecule has 0 spiro atoms. The number of benzene rings is 2. The Balaban J connectivity index is 1.29. The zero-order chi connectivity index (χ0) is 27.6. The molecule has 2 aromatic carbocycles. The fraction of sp³-hybridized carbons (Fsp3) is 0.393. The summed E-state index contributed by atoms with van der Waals surface area (Å²) in [6.07, 6.45) is -0.483. The van der Waals surface area contributed by atoms with Crippen LogP contribution < -0.4 is 9.62 Å². The van der Waals surface area contributed by atoms with E-state index in [2.05, 4.69) is 27.8 Å². The maximum Gasteiger partial charge on any atom is 0.250 e. The molecule has 2 aliphatic heterocycles. The number of piperidine rings is 1. The van der Waals surface area contributed by atoms with E-state index in [1.165, 1.54) is 24.9 Å². The van der Waals surface area contributed by atoms with Crippen LogP contribution in [0.2, 0.25) is 0 Å². The van der Waals surface area contributed by atoms with Gasteiger partial charge in [0.05, 0.1) is 12.7 Å². The fourth-order valence-electron chi connectivity index (χ4n) is 4.94. The van der Waals surface area contributed by atoms with Gasteiger partial charge >= 0.3 is 0 Å². The number of hydrogen-bond acceptors (Lipinski definition) is 9. The minimum Gasteiger partial charge on any atom is -0.457 e. The molecular weight excluding hydrogens is 522 g/mol. The second-order valence-corrected chi connectivity index (χ2v) is 11.6. The van der Waals surface area contributed by atoms with Gasteiger partial charge in [-0.2, -0.15) is 5.26 Å². The number of nitrogens with zero attached hydrogens (tertiary/aromatic N) is 2. The average Bonchev–Trinajstić information content (AvgIpc) is 3.43. The summed E-state index contributed by atoms with van der Waals surface area (Å²) in [6, 6.07) is 17.3. The number of ether oxygens (including phenoxy) is 1. The van der Waals surface area contributed by atoms with E-state index in [1.54, 1.807) is 18.2 Å². The third-order valence-corrected chi connectivity index (χ3v) is 8.54. The van der Waals surface area contributed by atoms with Gasteiger partial charge in [0.25, 0.3) is 10.0 Å². The van der Waals surface area contributed by atoms with Crippen LogP contribution in [0.4, 0.5) is 5.69 Å². The molecule has 0 amide bonds.